The summed E-state index contributed by atoms with van der Waals surface area (Å²) in [6.07, 6.45) is 0. The number of methoxy groups -OCH3 is 1. The van der Waals surface area contributed by atoms with Gasteiger partial charge in [-0.15, -0.1) is 0 Å². The van der Waals surface area contributed by atoms with Gasteiger partial charge in [0.1, 0.15) is 23.1 Å². The molecule has 0 saturated heterocycles. The minimum Gasteiger partial charge on any atom is -0.507 e. The summed E-state index contributed by atoms with van der Waals surface area (Å²) in [4.78, 5) is 30.8. The highest BCUT2D eigenvalue weighted by Gasteiger charge is 2.22. The Kier molecular flexibility index (Phi) is 8.66. The molecule has 0 bridgehead atoms. The van der Waals surface area contributed by atoms with Crippen molar-refractivity contribution in [2.75, 3.05) is 25.5 Å². The monoisotopic (exact) mass is 549 g/mol. The van der Waals surface area contributed by atoms with Crippen molar-refractivity contribution in [1.29, 1.82) is 5.26 Å². The number of phenolic OH excluding ortho intramolecular Hbond substituents is 1. The van der Waals surface area contributed by atoms with Crippen LogP contribution in [0.25, 0.3) is 22.4 Å². The van der Waals surface area contributed by atoms with E-state index in [1.165, 1.54) is 13.2 Å². The van der Waals surface area contributed by atoms with E-state index >= 15 is 0 Å². The summed E-state index contributed by atoms with van der Waals surface area (Å²) < 4.78 is 5.32. The number of phenols is 1. The minimum atomic E-state index is -0.525. The number of aromatic hydroxyl groups is 1. The highest BCUT2D eigenvalue weighted by molar-refractivity contribution is 6.07. The van der Waals surface area contributed by atoms with E-state index in [4.69, 9.17) is 10.5 Å². The number of nitrogens with two attached hydrogens (primary N) is 1. The van der Waals surface area contributed by atoms with Gasteiger partial charge >= 0.3 is 0 Å². The Balaban J connectivity index is 1.82. The van der Waals surface area contributed by atoms with Gasteiger partial charge in [0.25, 0.3) is 11.8 Å². The van der Waals surface area contributed by atoms with Crippen molar-refractivity contribution >= 4 is 17.6 Å². The van der Waals surface area contributed by atoms with Crippen molar-refractivity contribution < 1.29 is 19.4 Å². The second kappa shape index (κ2) is 12.3. The van der Waals surface area contributed by atoms with Gasteiger partial charge in [0, 0.05) is 23.2 Å². The fourth-order valence-corrected chi connectivity index (χ4v) is 4.13. The van der Waals surface area contributed by atoms with Gasteiger partial charge in [0.15, 0.2) is 5.82 Å². The number of carbonyl (C=O) groups excluding carboxylic acids is 2. The largest absolute Gasteiger partial charge is 0.507 e. The molecule has 0 saturated carbocycles. The maximum atomic E-state index is 13.3. The average Bonchev–Trinajstić information content (AvgIpc) is 2.99. The van der Waals surface area contributed by atoms with Crippen LogP contribution in [0.15, 0.2) is 78.9 Å². The van der Waals surface area contributed by atoms with Gasteiger partial charge in [0.05, 0.1) is 18.4 Å². The molecule has 1 aromatic heterocycles. The second-order valence-corrected chi connectivity index (χ2v) is 10.2. The third-order valence-electron chi connectivity index (χ3n) is 6.61. The fourth-order valence-electron chi connectivity index (χ4n) is 4.13. The van der Waals surface area contributed by atoms with Gasteiger partial charge in [-0.3, -0.25) is 9.59 Å². The van der Waals surface area contributed by atoms with Crippen molar-refractivity contribution in [3.63, 3.8) is 0 Å². The molecule has 0 spiro atoms. The molecule has 41 heavy (non-hydrogen) atoms. The number of hydrogen-bond donors (Lipinski definition) is 4. The molecule has 4 rings (SSSR count). The smallest absolute Gasteiger partial charge is 0.260 e. The number of ether oxygens (including phenoxy) is 1. The molecule has 0 aliphatic heterocycles. The molecule has 3 aromatic carbocycles. The van der Waals surface area contributed by atoms with Crippen LogP contribution in [0, 0.1) is 16.7 Å². The van der Waals surface area contributed by atoms with Crippen LogP contribution in [0.2, 0.25) is 0 Å². The van der Waals surface area contributed by atoms with E-state index in [0.717, 1.165) is 0 Å². The number of hydrogen-bond acceptors (Lipinski definition) is 7. The summed E-state index contributed by atoms with van der Waals surface area (Å²) in [7, 11) is 1.46. The highest BCUT2D eigenvalue weighted by atomic mass is 16.5. The number of benzene rings is 3. The number of anilines is 1. The zero-order chi connectivity index (χ0) is 29.6. The molecule has 0 unspecified atom stereocenters. The first-order valence-corrected chi connectivity index (χ1v) is 12.9. The number of pyridine rings is 1. The normalized spacial score (nSPS) is 10.9. The van der Waals surface area contributed by atoms with Crippen molar-refractivity contribution in [2.24, 2.45) is 11.1 Å². The molecule has 208 valence electrons. The molecule has 2 amide bonds. The SMILES string of the molecule is COc1ccccc1C(=O)Nc1nc(-c2ccccc2O)cc(-c2cccc(C(=O)NCC(C)(C)CN)c2)c1C#N. The minimum absolute atomic E-state index is 0.00120. The van der Waals surface area contributed by atoms with E-state index in [1.54, 1.807) is 72.8 Å². The van der Waals surface area contributed by atoms with Crippen LogP contribution in [-0.2, 0) is 0 Å². The maximum absolute atomic E-state index is 13.3. The Bertz CT molecular complexity index is 1640. The summed E-state index contributed by atoms with van der Waals surface area (Å²) in [6, 6.07) is 24.0. The van der Waals surface area contributed by atoms with Crippen molar-refractivity contribution in [2.45, 2.75) is 13.8 Å². The van der Waals surface area contributed by atoms with Gasteiger partial charge in [-0.1, -0.05) is 50.2 Å². The lowest BCUT2D eigenvalue weighted by Gasteiger charge is -2.22. The van der Waals surface area contributed by atoms with Gasteiger partial charge in [0.2, 0.25) is 0 Å². The molecule has 0 fully saturated rings. The predicted molar refractivity (Wildman–Crippen MR) is 158 cm³/mol. The Hall–Kier alpha value is -5.20. The van der Waals surface area contributed by atoms with Crippen LogP contribution in [0.3, 0.4) is 0 Å². The number of nitrogens with zero attached hydrogens (tertiary/aromatic N) is 2. The van der Waals surface area contributed by atoms with Crippen LogP contribution < -0.4 is 21.1 Å². The van der Waals surface area contributed by atoms with E-state index < -0.39 is 5.91 Å². The summed E-state index contributed by atoms with van der Waals surface area (Å²) >= 11 is 0. The standard InChI is InChI=1S/C32H31N5O4/c1-32(2,18-34)19-35-30(39)21-10-8-9-20(15-21)24-16-26(22-11-4-6-13-27(22)38)36-29(25(24)17-33)37-31(40)23-12-5-7-14-28(23)41-3/h4-16,38H,18-19,34H2,1-3H3,(H,35,39)(H,36,37,40). The van der Waals surface area contributed by atoms with Crippen molar-refractivity contribution in [1.82, 2.24) is 10.3 Å². The number of aromatic nitrogens is 1. The van der Waals surface area contributed by atoms with E-state index in [1.807, 2.05) is 13.8 Å². The lowest BCUT2D eigenvalue weighted by atomic mass is 9.93. The molecule has 5 N–H and O–H groups in total. The number of nitrogens with one attached hydrogen (secondary N) is 2. The first kappa shape index (κ1) is 28.8. The quantitative estimate of drug-likeness (QED) is 0.230. The molecule has 0 radical (unpaired) electrons. The third-order valence-corrected chi connectivity index (χ3v) is 6.61. The number of nitriles is 1. The maximum Gasteiger partial charge on any atom is 0.260 e. The zero-order valence-electron chi connectivity index (χ0n) is 23.1. The molecule has 9 heteroatoms. The zero-order valence-corrected chi connectivity index (χ0v) is 23.1. The van der Waals surface area contributed by atoms with Crippen LogP contribution in [0.4, 0.5) is 5.82 Å². The Morgan fingerprint density at radius 1 is 1.00 bits per heavy atom. The number of para-hydroxylation sites is 2. The van der Waals surface area contributed by atoms with Crippen molar-refractivity contribution in [3.8, 4) is 40.0 Å². The van der Waals surface area contributed by atoms with Gasteiger partial charge in [-0.2, -0.15) is 5.26 Å². The Labute approximate surface area is 238 Å². The van der Waals surface area contributed by atoms with Crippen LogP contribution in [0.1, 0.15) is 40.1 Å². The fraction of sp³-hybridized carbons (Fsp3) is 0.188. The molecule has 1 heterocycles. The first-order chi connectivity index (χ1) is 19.7. The van der Waals surface area contributed by atoms with Gasteiger partial charge in [-0.05, 0) is 60.0 Å². The molecule has 9 nitrogen and oxygen atoms in total. The van der Waals surface area contributed by atoms with E-state index in [2.05, 4.69) is 21.7 Å². The average molecular weight is 550 g/mol. The van der Waals surface area contributed by atoms with Crippen LogP contribution in [0.5, 0.6) is 11.5 Å². The molecule has 0 aliphatic carbocycles. The highest BCUT2D eigenvalue weighted by Crippen LogP contribution is 2.36. The summed E-state index contributed by atoms with van der Waals surface area (Å²) in [6.45, 7) is 4.72. The Morgan fingerprint density at radius 2 is 1.73 bits per heavy atom. The summed E-state index contributed by atoms with van der Waals surface area (Å²) in [5.41, 5.74) is 7.98. The lowest BCUT2D eigenvalue weighted by Crippen LogP contribution is -2.38. The summed E-state index contributed by atoms with van der Waals surface area (Å²) in [5, 5.41) is 26.5. The number of amides is 2. The second-order valence-electron chi connectivity index (χ2n) is 10.2. The van der Waals surface area contributed by atoms with Crippen LogP contribution >= 0.6 is 0 Å². The molecular weight excluding hydrogens is 518 g/mol. The third kappa shape index (κ3) is 6.52. The predicted octanol–water partition coefficient (Wildman–Crippen LogP) is 4.97. The molecular formula is C32H31N5O4. The number of rotatable bonds is 9. The van der Waals surface area contributed by atoms with Crippen molar-refractivity contribution in [3.05, 3.63) is 95.6 Å². The lowest BCUT2D eigenvalue weighted by molar-refractivity contribution is 0.0937. The topological polar surface area (TPSA) is 150 Å². The molecule has 0 atom stereocenters. The van der Waals surface area contributed by atoms with E-state index in [-0.39, 0.29) is 34.0 Å². The van der Waals surface area contributed by atoms with E-state index in [0.29, 0.717) is 46.8 Å². The Morgan fingerprint density at radius 3 is 2.44 bits per heavy atom. The molecule has 0 aliphatic rings. The van der Waals surface area contributed by atoms with E-state index in [9.17, 15) is 20.0 Å². The molecule has 4 aromatic rings. The number of carbonyl (C=O) groups is 2. The van der Waals surface area contributed by atoms with Gasteiger partial charge < -0.3 is 26.2 Å². The van der Waals surface area contributed by atoms with Crippen LogP contribution in [-0.4, -0.2) is 42.1 Å². The summed E-state index contributed by atoms with van der Waals surface area (Å²) in [5.74, 6) is -0.474. The van der Waals surface area contributed by atoms with Gasteiger partial charge in [-0.25, -0.2) is 4.98 Å². The first-order valence-electron chi connectivity index (χ1n) is 12.9.